The van der Waals surface area contributed by atoms with Gasteiger partial charge in [0.15, 0.2) is 0 Å². The minimum absolute atomic E-state index is 0.0718. The summed E-state index contributed by atoms with van der Waals surface area (Å²) in [5.74, 6) is -0.0718. The van der Waals surface area contributed by atoms with E-state index in [0.717, 1.165) is 25.1 Å². The predicted molar refractivity (Wildman–Crippen MR) is 79.6 cm³/mol. The monoisotopic (exact) mass is 289 g/mol. The van der Waals surface area contributed by atoms with Crippen molar-refractivity contribution in [1.29, 1.82) is 0 Å². The molecular weight excluding hydrogens is 274 g/mol. The molecular formula is C15H16ClN3O. The molecule has 0 atom stereocenters. The highest BCUT2D eigenvalue weighted by Gasteiger charge is 2.20. The van der Waals surface area contributed by atoms with Gasteiger partial charge >= 0.3 is 0 Å². The van der Waals surface area contributed by atoms with Crippen molar-refractivity contribution >= 4 is 23.1 Å². The fourth-order valence-corrected chi connectivity index (χ4v) is 2.77. The topological polar surface area (TPSA) is 46.9 Å². The van der Waals surface area contributed by atoms with Crippen LogP contribution < -0.4 is 5.32 Å². The number of carbonyl (C=O) groups excluding carboxylic acids is 1. The molecule has 0 bridgehead atoms. The molecule has 5 heteroatoms. The molecule has 0 saturated heterocycles. The second-order valence-electron chi connectivity index (χ2n) is 4.94. The predicted octanol–water partition coefficient (Wildman–Crippen LogP) is 3.15. The Hall–Kier alpha value is -1.81. The van der Waals surface area contributed by atoms with E-state index in [1.807, 2.05) is 25.1 Å². The van der Waals surface area contributed by atoms with Gasteiger partial charge in [0.1, 0.15) is 5.69 Å². The maximum atomic E-state index is 12.7. The van der Waals surface area contributed by atoms with E-state index in [9.17, 15) is 4.79 Å². The molecule has 1 aromatic heterocycles. The largest absolute Gasteiger partial charge is 0.384 e. The minimum atomic E-state index is -0.0718. The molecule has 0 amide bonds. The van der Waals surface area contributed by atoms with Gasteiger partial charge in [-0.3, -0.25) is 9.48 Å². The zero-order valence-electron chi connectivity index (χ0n) is 11.3. The summed E-state index contributed by atoms with van der Waals surface area (Å²) in [7, 11) is 0. The first-order valence-corrected chi connectivity index (χ1v) is 7.21. The van der Waals surface area contributed by atoms with Crippen LogP contribution >= 0.6 is 11.6 Å². The standard InChI is InChI=1S/C15H16ClN3O/c1-2-7-19-14(12(16)9-18-19)15(20)11-4-3-10-5-6-17-13(10)8-11/h3-4,8-9,17H,2,5-7H2,1H3. The number of hydrogen-bond donors (Lipinski definition) is 1. The SMILES string of the molecule is CCCn1ncc(Cl)c1C(=O)c1ccc2c(c1)NCC2. The van der Waals surface area contributed by atoms with E-state index in [-0.39, 0.29) is 5.78 Å². The summed E-state index contributed by atoms with van der Waals surface area (Å²) in [5, 5.41) is 7.87. The van der Waals surface area contributed by atoms with Crippen LogP contribution in [-0.4, -0.2) is 22.1 Å². The average Bonchev–Trinajstić information content (AvgIpc) is 3.04. The van der Waals surface area contributed by atoms with Crippen molar-refractivity contribution in [1.82, 2.24) is 9.78 Å². The Morgan fingerprint density at radius 2 is 2.35 bits per heavy atom. The number of anilines is 1. The molecule has 0 saturated carbocycles. The number of hydrogen-bond acceptors (Lipinski definition) is 3. The molecule has 0 unspecified atom stereocenters. The first-order valence-electron chi connectivity index (χ1n) is 6.83. The zero-order valence-corrected chi connectivity index (χ0v) is 12.1. The quantitative estimate of drug-likeness (QED) is 0.880. The van der Waals surface area contributed by atoms with Crippen molar-refractivity contribution in [3.05, 3.63) is 46.2 Å². The maximum absolute atomic E-state index is 12.7. The lowest BCUT2D eigenvalue weighted by molar-refractivity contribution is 0.102. The second kappa shape index (κ2) is 5.29. The zero-order chi connectivity index (χ0) is 14.1. The molecule has 2 aromatic rings. The molecule has 3 rings (SSSR count). The van der Waals surface area contributed by atoms with Crippen LogP contribution in [0.4, 0.5) is 5.69 Å². The third-order valence-corrected chi connectivity index (χ3v) is 3.80. The van der Waals surface area contributed by atoms with Gasteiger partial charge < -0.3 is 5.32 Å². The van der Waals surface area contributed by atoms with Crippen LogP contribution in [-0.2, 0) is 13.0 Å². The Bertz CT molecular complexity index is 663. The smallest absolute Gasteiger partial charge is 0.212 e. The van der Waals surface area contributed by atoms with Crippen LogP contribution in [0.3, 0.4) is 0 Å². The highest BCUT2D eigenvalue weighted by molar-refractivity contribution is 6.34. The van der Waals surface area contributed by atoms with E-state index in [4.69, 9.17) is 11.6 Å². The second-order valence-corrected chi connectivity index (χ2v) is 5.35. The summed E-state index contributed by atoms with van der Waals surface area (Å²) in [5.41, 5.74) is 3.44. The number of aromatic nitrogens is 2. The molecule has 0 fully saturated rings. The van der Waals surface area contributed by atoms with Crippen LogP contribution in [0.2, 0.25) is 5.02 Å². The average molecular weight is 290 g/mol. The van der Waals surface area contributed by atoms with Crippen LogP contribution in [0, 0.1) is 0 Å². The number of carbonyl (C=O) groups is 1. The number of rotatable bonds is 4. The van der Waals surface area contributed by atoms with E-state index < -0.39 is 0 Å². The van der Waals surface area contributed by atoms with Gasteiger partial charge in [-0.15, -0.1) is 0 Å². The molecule has 1 aliphatic heterocycles. The van der Waals surface area contributed by atoms with Crippen molar-refractivity contribution in [3.8, 4) is 0 Å². The van der Waals surface area contributed by atoms with Crippen molar-refractivity contribution in [2.75, 3.05) is 11.9 Å². The molecule has 1 aliphatic rings. The van der Waals surface area contributed by atoms with E-state index >= 15 is 0 Å². The molecule has 0 spiro atoms. The van der Waals surface area contributed by atoms with E-state index in [2.05, 4.69) is 10.4 Å². The van der Waals surface area contributed by atoms with Gasteiger partial charge in [0.25, 0.3) is 0 Å². The van der Waals surface area contributed by atoms with Gasteiger partial charge in [0.2, 0.25) is 5.78 Å². The summed E-state index contributed by atoms with van der Waals surface area (Å²) in [6.45, 7) is 3.67. The highest BCUT2D eigenvalue weighted by Crippen LogP contribution is 2.26. The first-order chi connectivity index (χ1) is 9.70. The number of benzene rings is 1. The van der Waals surface area contributed by atoms with Crippen molar-refractivity contribution in [3.63, 3.8) is 0 Å². The summed E-state index contributed by atoms with van der Waals surface area (Å²) in [4.78, 5) is 12.7. The fraction of sp³-hybridized carbons (Fsp3) is 0.333. The number of nitrogens with zero attached hydrogens (tertiary/aromatic N) is 2. The van der Waals surface area contributed by atoms with Crippen LogP contribution in [0.5, 0.6) is 0 Å². The highest BCUT2D eigenvalue weighted by atomic mass is 35.5. The molecule has 0 aliphatic carbocycles. The Morgan fingerprint density at radius 1 is 1.50 bits per heavy atom. The first kappa shape index (κ1) is 13.2. The maximum Gasteiger partial charge on any atom is 0.212 e. The third-order valence-electron chi connectivity index (χ3n) is 3.53. The summed E-state index contributed by atoms with van der Waals surface area (Å²) in [6.07, 6.45) is 3.46. The molecule has 104 valence electrons. The third kappa shape index (κ3) is 2.20. The summed E-state index contributed by atoms with van der Waals surface area (Å²) in [6, 6.07) is 5.79. The number of halogens is 1. The van der Waals surface area contributed by atoms with Crippen molar-refractivity contribution in [2.24, 2.45) is 0 Å². The lowest BCUT2D eigenvalue weighted by atomic mass is 10.0. The number of ketones is 1. The molecule has 4 nitrogen and oxygen atoms in total. The van der Waals surface area contributed by atoms with Gasteiger partial charge in [-0.2, -0.15) is 5.10 Å². The van der Waals surface area contributed by atoms with Crippen LogP contribution in [0.15, 0.2) is 24.4 Å². The lowest BCUT2D eigenvalue weighted by Crippen LogP contribution is -2.12. The van der Waals surface area contributed by atoms with E-state index in [0.29, 0.717) is 22.8 Å². The lowest BCUT2D eigenvalue weighted by Gasteiger charge is -2.07. The Balaban J connectivity index is 1.98. The van der Waals surface area contributed by atoms with Gasteiger partial charge in [0.05, 0.1) is 11.2 Å². The van der Waals surface area contributed by atoms with Crippen molar-refractivity contribution < 1.29 is 4.79 Å². The number of nitrogens with one attached hydrogen (secondary N) is 1. The normalized spacial score (nSPS) is 13.1. The summed E-state index contributed by atoms with van der Waals surface area (Å²) < 4.78 is 1.69. The van der Waals surface area contributed by atoms with E-state index in [1.54, 1.807) is 4.68 Å². The molecule has 1 N–H and O–H groups in total. The van der Waals surface area contributed by atoms with E-state index in [1.165, 1.54) is 11.8 Å². The summed E-state index contributed by atoms with van der Waals surface area (Å²) >= 11 is 6.12. The molecule has 20 heavy (non-hydrogen) atoms. The Kier molecular flexibility index (Phi) is 3.49. The number of aryl methyl sites for hydroxylation is 1. The van der Waals surface area contributed by atoms with Gasteiger partial charge in [-0.05, 0) is 24.5 Å². The Morgan fingerprint density at radius 3 is 3.15 bits per heavy atom. The minimum Gasteiger partial charge on any atom is -0.384 e. The molecule has 0 radical (unpaired) electrons. The van der Waals surface area contributed by atoms with Crippen molar-refractivity contribution in [2.45, 2.75) is 26.3 Å². The van der Waals surface area contributed by atoms with Gasteiger partial charge in [-0.25, -0.2) is 0 Å². The van der Waals surface area contributed by atoms with Crippen LogP contribution in [0.1, 0.15) is 35.0 Å². The fourth-order valence-electron chi connectivity index (χ4n) is 2.54. The number of fused-ring (bicyclic) bond motifs is 1. The van der Waals surface area contributed by atoms with Crippen LogP contribution in [0.25, 0.3) is 0 Å². The van der Waals surface area contributed by atoms with Gasteiger partial charge in [-0.1, -0.05) is 30.7 Å². The van der Waals surface area contributed by atoms with Gasteiger partial charge in [0, 0.05) is 24.3 Å². The Labute approximate surface area is 122 Å². The molecule has 2 heterocycles. The molecule has 1 aromatic carbocycles.